The average Bonchev–Trinajstić information content (AvgIpc) is 3.10. The quantitative estimate of drug-likeness (QED) is 0.787. The van der Waals surface area contributed by atoms with Crippen molar-refractivity contribution in [2.75, 3.05) is 13.2 Å². The molecule has 0 saturated carbocycles. The molecule has 1 heterocycles. The highest BCUT2D eigenvalue weighted by atomic mass is 16.6. The van der Waals surface area contributed by atoms with Crippen LogP contribution >= 0.6 is 0 Å². The molecule has 1 atom stereocenters. The van der Waals surface area contributed by atoms with Crippen LogP contribution in [0.2, 0.25) is 0 Å². The van der Waals surface area contributed by atoms with Crippen molar-refractivity contribution < 1.29 is 19.0 Å². The van der Waals surface area contributed by atoms with E-state index in [0.29, 0.717) is 18.1 Å². The van der Waals surface area contributed by atoms with Crippen molar-refractivity contribution in [3.8, 4) is 11.5 Å². The summed E-state index contributed by atoms with van der Waals surface area (Å²) in [7, 11) is 0. The summed E-state index contributed by atoms with van der Waals surface area (Å²) in [6.07, 6.45) is 0.101. The van der Waals surface area contributed by atoms with E-state index in [9.17, 15) is 4.79 Å². The molecule has 0 bridgehead atoms. The molecule has 5 nitrogen and oxygen atoms in total. The zero-order valence-corrected chi connectivity index (χ0v) is 9.64. The summed E-state index contributed by atoms with van der Waals surface area (Å²) in [6, 6.07) is 5.39. The summed E-state index contributed by atoms with van der Waals surface area (Å²) in [5, 5.41) is 0. The minimum absolute atomic E-state index is 0.154. The number of nitrogens with two attached hydrogens (primary N) is 1. The zero-order valence-electron chi connectivity index (χ0n) is 9.64. The first-order valence-corrected chi connectivity index (χ1v) is 5.54. The first-order chi connectivity index (χ1) is 8.20. The van der Waals surface area contributed by atoms with Crippen molar-refractivity contribution in [2.45, 2.75) is 19.4 Å². The van der Waals surface area contributed by atoms with Crippen molar-refractivity contribution >= 4 is 6.09 Å². The lowest BCUT2D eigenvalue weighted by molar-refractivity contribution is 0.205. The second-order valence-electron chi connectivity index (χ2n) is 3.79. The molecule has 1 aliphatic rings. The second kappa shape index (κ2) is 5.05. The number of rotatable bonds is 5. The fourth-order valence-electron chi connectivity index (χ4n) is 1.53. The van der Waals surface area contributed by atoms with Gasteiger partial charge in [0.1, 0.15) is 12.7 Å². The van der Waals surface area contributed by atoms with Gasteiger partial charge in [-0.2, -0.15) is 0 Å². The molecule has 0 radical (unpaired) electrons. The summed E-state index contributed by atoms with van der Waals surface area (Å²) >= 11 is 0. The summed E-state index contributed by atoms with van der Waals surface area (Å²) in [4.78, 5) is 10.8. The van der Waals surface area contributed by atoms with Crippen molar-refractivity contribution in [3.05, 3.63) is 23.8 Å². The van der Waals surface area contributed by atoms with E-state index in [1.165, 1.54) is 0 Å². The third kappa shape index (κ3) is 3.10. The van der Waals surface area contributed by atoms with Crippen LogP contribution in [0.15, 0.2) is 18.2 Å². The van der Waals surface area contributed by atoms with E-state index in [2.05, 4.69) is 0 Å². The molecule has 5 heteroatoms. The Morgan fingerprint density at radius 2 is 2.35 bits per heavy atom. The van der Waals surface area contributed by atoms with Gasteiger partial charge in [-0.15, -0.1) is 0 Å². The summed E-state index contributed by atoms with van der Waals surface area (Å²) < 4.78 is 15.6. The van der Waals surface area contributed by atoms with Gasteiger partial charge in [0.05, 0.1) is 6.61 Å². The third-order valence-corrected chi connectivity index (χ3v) is 2.47. The largest absolute Gasteiger partial charge is 0.487 e. The van der Waals surface area contributed by atoms with E-state index in [-0.39, 0.29) is 6.10 Å². The molecular weight excluding hydrogens is 222 g/mol. The van der Waals surface area contributed by atoms with Crippen LogP contribution in [0, 0.1) is 0 Å². The van der Waals surface area contributed by atoms with Crippen LogP contribution in [0.4, 0.5) is 4.79 Å². The van der Waals surface area contributed by atoms with Gasteiger partial charge in [-0.1, -0.05) is 19.1 Å². The highest BCUT2D eigenvalue weighted by Gasteiger charge is 2.24. The van der Waals surface area contributed by atoms with Gasteiger partial charge < -0.3 is 19.9 Å². The molecule has 1 aromatic rings. The minimum atomic E-state index is -0.842. The number of hydrogen-bond donors (Lipinski definition) is 1. The molecule has 92 valence electrons. The lowest BCUT2D eigenvalue weighted by atomic mass is 10.1. The first-order valence-electron chi connectivity index (χ1n) is 5.54. The highest BCUT2D eigenvalue weighted by molar-refractivity contribution is 5.69. The number of para-hydroxylation sites is 1. The summed E-state index contributed by atoms with van der Waals surface area (Å²) in [6.45, 7) is 3.19. The van der Waals surface area contributed by atoms with Crippen LogP contribution in [0.5, 0.6) is 11.5 Å². The number of hydrogen-bond acceptors (Lipinski definition) is 4. The SMILES string of the molecule is CCc1cccc(OC(N)=O)c1OC[C@@H]1CO1. The summed E-state index contributed by atoms with van der Waals surface area (Å²) in [5.74, 6) is 0.932. The number of carbonyl (C=O) groups excluding carboxylic acids is 1. The summed E-state index contributed by atoms with van der Waals surface area (Å²) in [5.41, 5.74) is 5.99. The van der Waals surface area contributed by atoms with Crippen molar-refractivity contribution in [2.24, 2.45) is 5.73 Å². The van der Waals surface area contributed by atoms with Gasteiger partial charge in [-0.25, -0.2) is 4.79 Å². The Morgan fingerprint density at radius 3 is 2.94 bits per heavy atom. The van der Waals surface area contributed by atoms with Crippen LogP contribution in [0.3, 0.4) is 0 Å². The maximum Gasteiger partial charge on any atom is 0.410 e. The Kier molecular flexibility index (Phi) is 3.49. The van der Waals surface area contributed by atoms with E-state index < -0.39 is 6.09 Å². The molecule has 2 rings (SSSR count). The van der Waals surface area contributed by atoms with Crippen molar-refractivity contribution in [1.29, 1.82) is 0 Å². The number of ether oxygens (including phenoxy) is 3. The predicted octanol–water partition coefficient (Wildman–Crippen LogP) is 1.48. The van der Waals surface area contributed by atoms with Crippen LogP contribution in [0.25, 0.3) is 0 Å². The first kappa shape index (κ1) is 11.7. The molecule has 0 unspecified atom stereocenters. The second-order valence-corrected chi connectivity index (χ2v) is 3.79. The molecule has 0 spiro atoms. The number of epoxide rings is 1. The Morgan fingerprint density at radius 1 is 1.59 bits per heavy atom. The lowest BCUT2D eigenvalue weighted by Gasteiger charge is -2.13. The highest BCUT2D eigenvalue weighted by Crippen LogP contribution is 2.32. The molecular formula is C12H15NO4. The number of benzene rings is 1. The van der Waals surface area contributed by atoms with Gasteiger partial charge in [-0.05, 0) is 18.1 Å². The normalized spacial score (nSPS) is 17.6. The molecule has 0 aromatic heterocycles. The molecule has 0 aliphatic carbocycles. The monoisotopic (exact) mass is 237 g/mol. The van der Waals surface area contributed by atoms with Crippen LogP contribution in [0.1, 0.15) is 12.5 Å². The van der Waals surface area contributed by atoms with Gasteiger partial charge in [0, 0.05) is 0 Å². The smallest absolute Gasteiger partial charge is 0.410 e. The maximum absolute atomic E-state index is 10.8. The topological polar surface area (TPSA) is 74.1 Å². The Labute approximate surface area is 99.5 Å². The van der Waals surface area contributed by atoms with Crippen LogP contribution in [-0.4, -0.2) is 25.4 Å². The van der Waals surface area contributed by atoms with Crippen LogP contribution in [-0.2, 0) is 11.2 Å². The molecule has 1 aliphatic heterocycles. The van der Waals surface area contributed by atoms with E-state index in [0.717, 1.165) is 18.6 Å². The fraction of sp³-hybridized carbons (Fsp3) is 0.417. The van der Waals surface area contributed by atoms with Crippen molar-refractivity contribution in [1.82, 2.24) is 0 Å². The van der Waals surface area contributed by atoms with Crippen LogP contribution < -0.4 is 15.2 Å². The molecule has 1 aromatic carbocycles. The number of aryl methyl sites for hydroxylation is 1. The molecule has 17 heavy (non-hydrogen) atoms. The van der Waals surface area contributed by atoms with E-state index in [1.54, 1.807) is 12.1 Å². The van der Waals surface area contributed by atoms with Gasteiger partial charge in [0.15, 0.2) is 11.5 Å². The lowest BCUT2D eigenvalue weighted by Crippen LogP contribution is -2.17. The molecule has 1 saturated heterocycles. The van der Waals surface area contributed by atoms with Gasteiger partial charge >= 0.3 is 6.09 Å². The van der Waals surface area contributed by atoms with Crippen molar-refractivity contribution in [3.63, 3.8) is 0 Å². The molecule has 2 N–H and O–H groups in total. The average molecular weight is 237 g/mol. The van der Waals surface area contributed by atoms with E-state index >= 15 is 0 Å². The van der Waals surface area contributed by atoms with E-state index in [4.69, 9.17) is 19.9 Å². The van der Waals surface area contributed by atoms with E-state index in [1.807, 2.05) is 13.0 Å². The Balaban J connectivity index is 2.18. The van der Waals surface area contributed by atoms with Gasteiger partial charge in [0.25, 0.3) is 0 Å². The predicted molar refractivity (Wildman–Crippen MR) is 61.3 cm³/mol. The third-order valence-electron chi connectivity index (χ3n) is 2.47. The number of amides is 1. The van der Waals surface area contributed by atoms with Gasteiger partial charge in [0.2, 0.25) is 0 Å². The standard InChI is InChI=1S/C12H15NO4/c1-2-8-4-3-5-10(17-12(13)14)11(8)16-7-9-6-15-9/h3-5,9H,2,6-7H2,1H3,(H2,13,14)/t9-/m0/s1. The minimum Gasteiger partial charge on any atom is -0.487 e. The number of primary amides is 1. The molecule has 1 fully saturated rings. The maximum atomic E-state index is 10.8. The van der Waals surface area contributed by atoms with Gasteiger partial charge in [-0.3, -0.25) is 0 Å². The fourth-order valence-corrected chi connectivity index (χ4v) is 1.53. The Bertz CT molecular complexity index is 415. The Hall–Kier alpha value is -1.75. The zero-order chi connectivity index (χ0) is 12.3. The molecule has 1 amide bonds. The number of carbonyl (C=O) groups is 1.